The number of hydrogen-bond donors (Lipinski definition) is 1. The van der Waals surface area contributed by atoms with E-state index in [2.05, 4.69) is 128 Å². The van der Waals surface area contributed by atoms with Crippen molar-refractivity contribution in [2.24, 2.45) is 0 Å². The smallest absolute Gasteiger partial charge is 0.126 e. The molecule has 0 saturated carbocycles. The molecule has 4 heteroatoms. The van der Waals surface area contributed by atoms with Gasteiger partial charge in [-0.25, -0.2) is 0 Å². The first kappa shape index (κ1) is 32.0. The maximum atomic E-state index is 11.2. The molecule has 1 N–H and O–H groups in total. The fraction of sp³-hybridized carbons (Fsp3) is 0.636. The Morgan fingerprint density at radius 1 is 0.568 bits per heavy atom. The summed E-state index contributed by atoms with van der Waals surface area (Å²) in [5, 5.41) is 11.2. The standard InChI is InChI=1S/C33H52O2S2/c1-16-35-28-25(31(8,9)10)19-22(20-26(28)32(11,12)13)37-33(14,15)36-21-17-23(29(2,3)4)27(34)24(18-21)30(5,6)7/h17-20,34H,16H2,1-15H3. The van der Waals surface area contributed by atoms with Gasteiger partial charge in [-0.15, -0.1) is 23.5 Å². The molecular formula is C33H52O2S2. The first-order valence-corrected chi connectivity index (χ1v) is 15.2. The average Bonchev–Trinajstić information content (AvgIpc) is 2.66. The summed E-state index contributed by atoms with van der Waals surface area (Å²) in [6.07, 6.45) is 0. The van der Waals surface area contributed by atoms with Crippen molar-refractivity contribution in [3.05, 3.63) is 46.5 Å². The lowest BCUT2D eigenvalue weighted by Crippen LogP contribution is -2.20. The predicted octanol–water partition coefficient (Wildman–Crippen LogP) is 10.6. The summed E-state index contributed by atoms with van der Waals surface area (Å²) in [6.45, 7) is 34.0. The van der Waals surface area contributed by atoms with Gasteiger partial charge in [-0.2, -0.15) is 0 Å². The molecule has 0 fully saturated rings. The Kier molecular flexibility index (Phi) is 9.26. The molecule has 2 aromatic rings. The van der Waals surface area contributed by atoms with Gasteiger partial charge in [0.05, 0.1) is 10.7 Å². The van der Waals surface area contributed by atoms with Crippen LogP contribution in [0.1, 0.15) is 126 Å². The van der Waals surface area contributed by atoms with Crippen molar-refractivity contribution in [3.8, 4) is 11.5 Å². The Morgan fingerprint density at radius 2 is 0.865 bits per heavy atom. The summed E-state index contributed by atoms with van der Waals surface area (Å²) in [6, 6.07) is 9.06. The second-order valence-electron chi connectivity index (χ2n) is 14.8. The normalized spacial score (nSPS) is 13.7. The highest BCUT2D eigenvalue weighted by molar-refractivity contribution is 8.18. The molecule has 0 aliphatic rings. The Morgan fingerprint density at radius 3 is 1.14 bits per heavy atom. The van der Waals surface area contributed by atoms with Crippen LogP contribution in [-0.4, -0.2) is 15.8 Å². The van der Waals surface area contributed by atoms with Crippen molar-refractivity contribution < 1.29 is 9.84 Å². The molecule has 0 bridgehead atoms. The van der Waals surface area contributed by atoms with E-state index in [-0.39, 0.29) is 25.7 Å². The third-order valence-electron chi connectivity index (χ3n) is 6.39. The first-order valence-electron chi connectivity index (χ1n) is 13.5. The second-order valence-corrected chi connectivity index (χ2v) is 18.4. The molecular weight excluding hydrogens is 492 g/mol. The van der Waals surface area contributed by atoms with Crippen LogP contribution in [0, 0.1) is 0 Å². The van der Waals surface area contributed by atoms with Crippen LogP contribution < -0.4 is 4.74 Å². The molecule has 0 saturated heterocycles. The van der Waals surface area contributed by atoms with E-state index < -0.39 is 0 Å². The lowest BCUT2D eigenvalue weighted by molar-refractivity contribution is 0.319. The van der Waals surface area contributed by atoms with Gasteiger partial charge in [0.15, 0.2) is 0 Å². The van der Waals surface area contributed by atoms with Gasteiger partial charge >= 0.3 is 0 Å². The Labute approximate surface area is 236 Å². The van der Waals surface area contributed by atoms with Crippen LogP contribution in [0.3, 0.4) is 0 Å². The molecule has 0 spiro atoms. The van der Waals surface area contributed by atoms with Gasteiger partial charge in [-0.1, -0.05) is 83.1 Å². The maximum Gasteiger partial charge on any atom is 0.126 e. The van der Waals surface area contributed by atoms with Crippen molar-refractivity contribution >= 4 is 23.5 Å². The van der Waals surface area contributed by atoms with E-state index in [1.807, 2.05) is 23.5 Å². The molecule has 2 nitrogen and oxygen atoms in total. The monoisotopic (exact) mass is 544 g/mol. The van der Waals surface area contributed by atoms with E-state index in [9.17, 15) is 5.11 Å². The molecule has 0 aliphatic carbocycles. The SMILES string of the molecule is CCOc1c(C(C)(C)C)cc(SC(C)(C)Sc2cc(C(C)(C)C)c(O)c(C(C)(C)C)c2)cc1C(C)(C)C. The summed E-state index contributed by atoms with van der Waals surface area (Å²) in [5.41, 5.74) is 4.20. The summed E-state index contributed by atoms with van der Waals surface area (Å²) in [7, 11) is 0. The van der Waals surface area contributed by atoms with Crippen LogP contribution in [0.25, 0.3) is 0 Å². The van der Waals surface area contributed by atoms with E-state index in [4.69, 9.17) is 4.74 Å². The van der Waals surface area contributed by atoms with Gasteiger partial charge < -0.3 is 9.84 Å². The molecule has 2 rings (SSSR count). The minimum atomic E-state index is -0.143. The Hall–Kier alpha value is -1.26. The molecule has 0 atom stereocenters. The number of phenolic OH excluding ortho intramolecular Hbond substituents is 1. The molecule has 0 heterocycles. The Balaban J connectivity index is 2.61. The van der Waals surface area contributed by atoms with Crippen LogP contribution in [0.5, 0.6) is 11.5 Å². The molecule has 2 aromatic carbocycles. The van der Waals surface area contributed by atoms with Gasteiger partial charge in [-0.05, 0) is 66.7 Å². The quantitative estimate of drug-likeness (QED) is 0.289. The van der Waals surface area contributed by atoms with E-state index >= 15 is 0 Å². The molecule has 37 heavy (non-hydrogen) atoms. The van der Waals surface area contributed by atoms with Gasteiger partial charge in [0, 0.05) is 32.0 Å². The number of phenols is 1. The van der Waals surface area contributed by atoms with E-state index in [0.717, 1.165) is 16.9 Å². The van der Waals surface area contributed by atoms with E-state index in [1.165, 1.54) is 20.9 Å². The summed E-state index contributed by atoms with van der Waals surface area (Å²) in [4.78, 5) is 2.46. The molecule has 0 unspecified atom stereocenters. The Bertz CT molecular complexity index is 1030. The zero-order valence-corrected chi connectivity index (χ0v) is 27.8. The summed E-state index contributed by atoms with van der Waals surface area (Å²) in [5.74, 6) is 1.48. The molecule has 0 amide bonds. The fourth-order valence-corrected chi connectivity index (χ4v) is 7.06. The van der Waals surface area contributed by atoms with Crippen molar-refractivity contribution in [2.45, 2.75) is 139 Å². The zero-order chi connectivity index (χ0) is 28.8. The van der Waals surface area contributed by atoms with Gasteiger partial charge in [0.2, 0.25) is 0 Å². The van der Waals surface area contributed by atoms with Crippen LogP contribution in [0.15, 0.2) is 34.1 Å². The number of ether oxygens (including phenoxy) is 1. The lowest BCUT2D eigenvalue weighted by atomic mass is 9.79. The third kappa shape index (κ3) is 8.12. The average molecular weight is 545 g/mol. The minimum absolute atomic E-state index is 0.0292. The largest absolute Gasteiger partial charge is 0.507 e. The first-order chi connectivity index (χ1) is 16.5. The molecule has 0 radical (unpaired) electrons. The number of aromatic hydroxyl groups is 1. The number of hydrogen-bond acceptors (Lipinski definition) is 4. The minimum Gasteiger partial charge on any atom is -0.507 e. The fourth-order valence-electron chi connectivity index (χ4n) is 4.47. The van der Waals surface area contributed by atoms with E-state index in [0.29, 0.717) is 12.4 Å². The summed E-state index contributed by atoms with van der Waals surface area (Å²) >= 11 is 3.78. The van der Waals surface area contributed by atoms with Crippen LogP contribution in [0.4, 0.5) is 0 Å². The van der Waals surface area contributed by atoms with Crippen molar-refractivity contribution in [2.75, 3.05) is 6.61 Å². The predicted molar refractivity (Wildman–Crippen MR) is 166 cm³/mol. The number of benzene rings is 2. The van der Waals surface area contributed by atoms with Gasteiger partial charge in [-0.3, -0.25) is 0 Å². The highest BCUT2D eigenvalue weighted by atomic mass is 32.2. The van der Waals surface area contributed by atoms with Crippen molar-refractivity contribution in [1.82, 2.24) is 0 Å². The van der Waals surface area contributed by atoms with Gasteiger partial charge in [0.25, 0.3) is 0 Å². The van der Waals surface area contributed by atoms with Gasteiger partial charge in [0.1, 0.15) is 11.5 Å². The third-order valence-corrected chi connectivity index (χ3v) is 8.82. The maximum absolute atomic E-state index is 11.2. The number of thioether (sulfide) groups is 2. The van der Waals surface area contributed by atoms with E-state index in [1.54, 1.807) is 0 Å². The topological polar surface area (TPSA) is 29.5 Å². The van der Waals surface area contributed by atoms with Crippen LogP contribution in [0.2, 0.25) is 0 Å². The zero-order valence-electron chi connectivity index (χ0n) is 26.2. The van der Waals surface area contributed by atoms with Crippen molar-refractivity contribution in [1.29, 1.82) is 0 Å². The van der Waals surface area contributed by atoms with Crippen LogP contribution >= 0.6 is 23.5 Å². The molecule has 0 aliphatic heterocycles. The summed E-state index contributed by atoms with van der Waals surface area (Å²) < 4.78 is 6.14. The van der Waals surface area contributed by atoms with Crippen molar-refractivity contribution in [3.63, 3.8) is 0 Å². The number of rotatable bonds is 6. The molecule has 0 aromatic heterocycles. The molecule has 208 valence electrons. The highest BCUT2D eigenvalue weighted by Gasteiger charge is 2.32. The second kappa shape index (κ2) is 10.7. The lowest BCUT2D eigenvalue weighted by Gasteiger charge is -2.32. The van der Waals surface area contributed by atoms with Crippen LogP contribution in [-0.2, 0) is 21.7 Å². The highest BCUT2D eigenvalue weighted by Crippen LogP contribution is 2.51.